The second-order valence-electron chi connectivity index (χ2n) is 12.1. The van der Waals surface area contributed by atoms with Crippen molar-refractivity contribution in [2.45, 2.75) is 19.4 Å². The fourth-order valence-corrected chi connectivity index (χ4v) is 11.1. The van der Waals surface area contributed by atoms with E-state index in [-0.39, 0.29) is 23.8 Å². The number of likely N-dealkylation sites (N-methyl/N-ethyl adjacent to an activating group) is 1. The molecule has 0 atom stereocenters. The third-order valence-corrected chi connectivity index (χ3v) is 14.0. The number of hydrogen-bond donors (Lipinski definition) is 0. The Labute approximate surface area is 265 Å². The van der Waals surface area contributed by atoms with Crippen LogP contribution < -0.4 is 10.4 Å². The summed E-state index contributed by atoms with van der Waals surface area (Å²) in [6.07, 6.45) is 0. The number of benzene rings is 5. The fourth-order valence-electron chi connectivity index (χ4n) is 7.07. The van der Waals surface area contributed by atoms with E-state index in [9.17, 15) is 9.59 Å². The number of carbonyl (C=O) groups excluding carboxylic acids is 2. The number of allylic oxidation sites excluding steroid dienone is 3. The molecule has 1 amide bonds. The van der Waals surface area contributed by atoms with Crippen LogP contribution in [0.4, 0.5) is 0 Å². The van der Waals surface area contributed by atoms with E-state index in [2.05, 4.69) is 92.0 Å². The van der Waals surface area contributed by atoms with Crippen molar-refractivity contribution in [3.05, 3.63) is 150 Å². The van der Waals surface area contributed by atoms with Crippen LogP contribution in [-0.2, 0) is 9.59 Å². The molecule has 0 bridgehead atoms. The van der Waals surface area contributed by atoms with E-state index in [1.807, 2.05) is 60.7 Å². The SMILES string of the molecule is CC(C)[Si](C#CCN(C)C(=O)C1=C2C(=C(c3ccccc3)C1=O)c1cccc3cccc2c13)(c1ccccc1)c1ccccc1. The van der Waals surface area contributed by atoms with Crippen LogP contribution in [0.3, 0.4) is 0 Å². The van der Waals surface area contributed by atoms with Gasteiger partial charge in [0.25, 0.3) is 5.91 Å². The van der Waals surface area contributed by atoms with Crippen LogP contribution in [0.2, 0.25) is 5.54 Å². The zero-order chi connectivity index (χ0) is 31.1. The minimum atomic E-state index is -2.51. The zero-order valence-electron chi connectivity index (χ0n) is 25.7. The second-order valence-corrected chi connectivity index (χ2v) is 16.2. The molecule has 4 heteroatoms. The lowest BCUT2D eigenvalue weighted by molar-refractivity contribution is -0.127. The van der Waals surface area contributed by atoms with Crippen LogP contribution in [-0.4, -0.2) is 38.3 Å². The smallest absolute Gasteiger partial charge is 0.259 e. The summed E-state index contributed by atoms with van der Waals surface area (Å²) in [5.74, 6) is 2.91. The quantitative estimate of drug-likeness (QED) is 0.123. The van der Waals surface area contributed by atoms with Gasteiger partial charge in [0.1, 0.15) is 0 Å². The average Bonchev–Trinajstić information content (AvgIpc) is 3.56. The molecule has 0 N–H and O–H groups in total. The highest BCUT2D eigenvalue weighted by molar-refractivity contribution is 7.09. The Morgan fingerprint density at radius 3 is 1.78 bits per heavy atom. The Balaban J connectivity index is 1.30. The number of ketones is 1. The molecule has 218 valence electrons. The van der Waals surface area contributed by atoms with E-state index in [0.29, 0.717) is 11.1 Å². The van der Waals surface area contributed by atoms with Crippen molar-refractivity contribution in [2.75, 3.05) is 13.6 Å². The Bertz CT molecular complexity index is 2050. The number of carbonyl (C=O) groups is 2. The summed E-state index contributed by atoms with van der Waals surface area (Å²) in [5.41, 5.74) is 9.26. The molecule has 5 aromatic rings. The van der Waals surface area contributed by atoms with E-state index in [1.165, 1.54) is 10.4 Å². The van der Waals surface area contributed by atoms with Crippen LogP contribution >= 0.6 is 0 Å². The molecule has 45 heavy (non-hydrogen) atoms. The third kappa shape index (κ3) is 4.51. The summed E-state index contributed by atoms with van der Waals surface area (Å²) >= 11 is 0. The topological polar surface area (TPSA) is 37.4 Å². The van der Waals surface area contributed by atoms with Crippen LogP contribution in [0.1, 0.15) is 30.5 Å². The maximum absolute atomic E-state index is 14.3. The standard InChI is InChI=1S/C41H33NO2Si/c1-28(2)45(31-20-9-5-10-21-31,32-22-11-6-12-23-32)27-15-26-42(3)41(44)39-38-34-25-14-19-29-18-13-24-33(35(29)34)37(38)36(40(39)43)30-16-7-4-8-17-30/h4-14,16-25,28H,26H2,1-3H3. The summed E-state index contributed by atoms with van der Waals surface area (Å²) < 4.78 is 0. The molecule has 0 heterocycles. The molecule has 0 saturated heterocycles. The van der Waals surface area contributed by atoms with E-state index in [4.69, 9.17) is 0 Å². The fraction of sp³-hybridized carbons (Fsp3) is 0.122. The maximum atomic E-state index is 14.3. The van der Waals surface area contributed by atoms with Gasteiger partial charge in [-0.15, -0.1) is 5.54 Å². The van der Waals surface area contributed by atoms with Crippen LogP contribution in [0.25, 0.3) is 27.5 Å². The summed E-state index contributed by atoms with van der Waals surface area (Å²) in [5, 5.41) is 4.70. The first-order valence-electron chi connectivity index (χ1n) is 15.4. The minimum Gasteiger partial charge on any atom is -0.330 e. The van der Waals surface area contributed by atoms with Gasteiger partial charge in [-0.2, -0.15) is 0 Å². The van der Waals surface area contributed by atoms with Crippen molar-refractivity contribution in [1.29, 1.82) is 0 Å². The number of nitrogens with zero attached hydrogens (tertiary/aromatic N) is 1. The molecular formula is C41H33NO2Si. The molecular weight excluding hydrogens is 567 g/mol. The van der Waals surface area contributed by atoms with Crippen molar-refractivity contribution < 1.29 is 9.59 Å². The average molecular weight is 600 g/mol. The van der Waals surface area contributed by atoms with Gasteiger partial charge in [-0.05, 0) is 43.4 Å². The Morgan fingerprint density at radius 1 is 0.689 bits per heavy atom. The lowest BCUT2D eigenvalue weighted by atomic mass is 9.95. The van der Waals surface area contributed by atoms with Crippen LogP contribution in [0, 0.1) is 11.5 Å². The molecule has 0 fully saturated rings. The van der Waals surface area contributed by atoms with Gasteiger partial charge >= 0.3 is 0 Å². The molecule has 5 aromatic carbocycles. The molecule has 2 aliphatic carbocycles. The first-order chi connectivity index (χ1) is 21.9. The van der Waals surface area contributed by atoms with Gasteiger partial charge in [0, 0.05) is 23.8 Å². The number of amides is 1. The minimum absolute atomic E-state index is 0.219. The summed E-state index contributed by atoms with van der Waals surface area (Å²) in [6, 6.07) is 43.1. The highest BCUT2D eigenvalue weighted by Gasteiger charge is 2.43. The summed E-state index contributed by atoms with van der Waals surface area (Å²) in [7, 11) is -0.755. The predicted octanol–water partition coefficient (Wildman–Crippen LogP) is 6.77. The molecule has 0 unspecified atom stereocenters. The van der Waals surface area contributed by atoms with Gasteiger partial charge in [0.05, 0.1) is 12.1 Å². The third-order valence-electron chi connectivity index (χ3n) is 9.20. The van der Waals surface area contributed by atoms with E-state index in [1.54, 1.807) is 11.9 Å². The second kappa shape index (κ2) is 11.4. The van der Waals surface area contributed by atoms with E-state index >= 15 is 0 Å². The molecule has 0 spiro atoms. The van der Waals surface area contributed by atoms with E-state index in [0.717, 1.165) is 38.6 Å². The highest BCUT2D eigenvalue weighted by Crippen LogP contribution is 2.54. The lowest BCUT2D eigenvalue weighted by Gasteiger charge is -2.31. The monoisotopic (exact) mass is 599 g/mol. The Kier molecular flexibility index (Phi) is 7.20. The van der Waals surface area contributed by atoms with Gasteiger partial charge < -0.3 is 4.90 Å². The molecule has 2 aliphatic rings. The molecule has 3 nitrogen and oxygen atoms in total. The molecule has 0 aliphatic heterocycles. The first kappa shape index (κ1) is 28.5. The summed E-state index contributed by atoms with van der Waals surface area (Å²) in [4.78, 5) is 30.2. The lowest BCUT2D eigenvalue weighted by Crippen LogP contribution is -2.60. The highest BCUT2D eigenvalue weighted by atomic mass is 28.3. The molecule has 0 radical (unpaired) electrons. The van der Waals surface area contributed by atoms with Gasteiger partial charge in [-0.3, -0.25) is 9.59 Å². The number of fused-ring (bicyclic) bond motifs is 3. The van der Waals surface area contributed by atoms with E-state index < -0.39 is 8.07 Å². The molecule has 0 aromatic heterocycles. The zero-order valence-corrected chi connectivity index (χ0v) is 26.7. The largest absolute Gasteiger partial charge is 0.330 e. The number of Topliss-reactive ketones (excluding diaryl/α,β-unsaturated/α-hetero) is 1. The Morgan fingerprint density at radius 2 is 1.22 bits per heavy atom. The first-order valence-corrected chi connectivity index (χ1v) is 17.5. The van der Waals surface area contributed by atoms with Gasteiger partial charge in [0.2, 0.25) is 8.07 Å². The van der Waals surface area contributed by atoms with Gasteiger partial charge in [-0.25, -0.2) is 0 Å². The maximum Gasteiger partial charge on any atom is 0.259 e. The predicted molar refractivity (Wildman–Crippen MR) is 188 cm³/mol. The molecule has 0 saturated carbocycles. The van der Waals surface area contributed by atoms with Crippen molar-refractivity contribution in [3.63, 3.8) is 0 Å². The van der Waals surface area contributed by atoms with Crippen LogP contribution in [0.5, 0.6) is 0 Å². The Hall–Kier alpha value is -5.24. The number of hydrogen-bond acceptors (Lipinski definition) is 2. The summed E-state index contributed by atoms with van der Waals surface area (Å²) in [6.45, 7) is 4.71. The van der Waals surface area contributed by atoms with Crippen molar-refractivity contribution in [1.82, 2.24) is 4.90 Å². The van der Waals surface area contributed by atoms with Gasteiger partial charge in [0.15, 0.2) is 5.78 Å². The van der Waals surface area contributed by atoms with Gasteiger partial charge in [-0.1, -0.05) is 147 Å². The van der Waals surface area contributed by atoms with Crippen LogP contribution in [0.15, 0.2) is 133 Å². The normalized spacial score (nSPS) is 13.7. The van der Waals surface area contributed by atoms with Crippen molar-refractivity contribution >= 4 is 57.6 Å². The van der Waals surface area contributed by atoms with Crippen molar-refractivity contribution in [3.8, 4) is 11.5 Å². The van der Waals surface area contributed by atoms with Crippen molar-refractivity contribution in [2.24, 2.45) is 0 Å². The molecule has 7 rings (SSSR count). The number of rotatable bonds is 6.